The monoisotopic (exact) mass is 418 g/mol. The first kappa shape index (κ1) is 22.3. The van der Waals surface area contributed by atoms with Crippen LogP contribution in [-0.2, 0) is 0 Å². The molecule has 1 fully saturated rings. The van der Waals surface area contributed by atoms with Crippen LogP contribution in [-0.4, -0.2) is 13.2 Å². The SMILES string of the molecule is C=CCCCOc1ccc(C2CCC(COc3ccc(C)c(F)c3F)CC2)c(F)c1. The van der Waals surface area contributed by atoms with Crippen molar-refractivity contribution in [2.75, 3.05) is 13.2 Å². The molecule has 0 saturated heterocycles. The van der Waals surface area contributed by atoms with E-state index in [9.17, 15) is 13.2 Å². The third-order valence-corrected chi connectivity index (χ3v) is 5.79. The zero-order valence-corrected chi connectivity index (χ0v) is 17.4. The predicted octanol–water partition coefficient (Wildman–Crippen LogP) is 7.11. The van der Waals surface area contributed by atoms with Gasteiger partial charge in [0, 0.05) is 6.07 Å². The van der Waals surface area contributed by atoms with E-state index in [0.29, 0.717) is 19.0 Å². The van der Waals surface area contributed by atoms with Crippen LogP contribution >= 0.6 is 0 Å². The highest BCUT2D eigenvalue weighted by Gasteiger charge is 2.25. The Labute approximate surface area is 176 Å². The molecule has 0 heterocycles. The normalized spacial score (nSPS) is 18.8. The lowest BCUT2D eigenvalue weighted by Gasteiger charge is -2.29. The lowest BCUT2D eigenvalue weighted by molar-refractivity contribution is 0.192. The van der Waals surface area contributed by atoms with Gasteiger partial charge in [0.25, 0.3) is 0 Å². The van der Waals surface area contributed by atoms with Gasteiger partial charge in [-0.3, -0.25) is 0 Å². The lowest BCUT2D eigenvalue weighted by atomic mass is 9.79. The van der Waals surface area contributed by atoms with Crippen LogP contribution in [0.2, 0.25) is 0 Å². The summed E-state index contributed by atoms with van der Waals surface area (Å²) in [5, 5.41) is 0. The van der Waals surface area contributed by atoms with Gasteiger partial charge in [0.1, 0.15) is 11.6 Å². The molecule has 162 valence electrons. The molecular formula is C25H29F3O2. The molecule has 1 saturated carbocycles. The van der Waals surface area contributed by atoms with Gasteiger partial charge in [0.05, 0.1) is 13.2 Å². The maximum atomic E-state index is 14.6. The topological polar surface area (TPSA) is 18.5 Å². The molecular weight excluding hydrogens is 389 g/mol. The summed E-state index contributed by atoms with van der Waals surface area (Å²) in [5.74, 6) is -1.11. The Morgan fingerprint density at radius 3 is 2.47 bits per heavy atom. The second-order valence-electron chi connectivity index (χ2n) is 8.00. The Morgan fingerprint density at radius 1 is 1.00 bits per heavy atom. The van der Waals surface area contributed by atoms with Gasteiger partial charge in [0.15, 0.2) is 11.6 Å². The smallest absolute Gasteiger partial charge is 0.200 e. The molecule has 2 nitrogen and oxygen atoms in total. The van der Waals surface area contributed by atoms with E-state index in [0.717, 1.165) is 44.1 Å². The molecule has 2 aromatic rings. The van der Waals surface area contributed by atoms with Crippen molar-refractivity contribution >= 4 is 0 Å². The molecule has 0 aromatic heterocycles. The van der Waals surface area contributed by atoms with Crippen LogP contribution in [0.1, 0.15) is 55.6 Å². The van der Waals surface area contributed by atoms with Crippen LogP contribution in [0.5, 0.6) is 11.5 Å². The Morgan fingerprint density at radius 2 is 1.77 bits per heavy atom. The fourth-order valence-corrected chi connectivity index (χ4v) is 3.93. The van der Waals surface area contributed by atoms with E-state index in [1.165, 1.54) is 25.1 Å². The highest BCUT2D eigenvalue weighted by Crippen LogP contribution is 2.38. The highest BCUT2D eigenvalue weighted by molar-refractivity contribution is 5.32. The predicted molar refractivity (Wildman–Crippen MR) is 113 cm³/mol. The Hall–Kier alpha value is -2.43. The lowest BCUT2D eigenvalue weighted by Crippen LogP contribution is -2.20. The molecule has 1 aliphatic rings. The van der Waals surface area contributed by atoms with E-state index in [2.05, 4.69) is 6.58 Å². The van der Waals surface area contributed by atoms with Crippen LogP contribution < -0.4 is 9.47 Å². The summed E-state index contributed by atoms with van der Waals surface area (Å²) >= 11 is 0. The van der Waals surface area contributed by atoms with E-state index in [-0.39, 0.29) is 29.0 Å². The van der Waals surface area contributed by atoms with Gasteiger partial charge in [-0.05, 0) is 80.5 Å². The molecule has 1 aliphatic carbocycles. The van der Waals surface area contributed by atoms with Crippen molar-refractivity contribution in [1.82, 2.24) is 0 Å². The summed E-state index contributed by atoms with van der Waals surface area (Å²) in [6, 6.07) is 8.10. The molecule has 5 heteroatoms. The third kappa shape index (κ3) is 5.59. The Balaban J connectivity index is 1.49. The number of hydrogen-bond acceptors (Lipinski definition) is 2. The zero-order chi connectivity index (χ0) is 21.5. The first-order chi connectivity index (χ1) is 14.5. The van der Waals surface area contributed by atoms with Gasteiger partial charge in [-0.1, -0.05) is 18.2 Å². The number of aryl methyl sites for hydroxylation is 1. The highest BCUT2D eigenvalue weighted by atomic mass is 19.2. The number of unbranched alkanes of at least 4 members (excludes halogenated alkanes) is 1. The van der Waals surface area contributed by atoms with Gasteiger partial charge in [-0.2, -0.15) is 4.39 Å². The van der Waals surface area contributed by atoms with Gasteiger partial charge in [-0.15, -0.1) is 6.58 Å². The van der Waals surface area contributed by atoms with Crippen molar-refractivity contribution in [2.24, 2.45) is 5.92 Å². The van der Waals surface area contributed by atoms with Crippen LogP contribution in [0, 0.1) is 30.3 Å². The Kier molecular flexibility index (Phi) is 7.83. The molecule has 0 radical (unpaired) electrons. The van der Waals surface area contributed by atoms with E-state index < -0.39 is 11.6 Å². The molecule has 0 aliphatic heterocycles. The zero-order valence-electron chi connectivity index (χ0n) is 17.4. The molecule has 2 aromatic carbocycles. The van der Waals surface area contributed by atoms with Crippen LogP contribution in [0.4, 0.5) is 13.2 Å². The maximum Gasteiger partial charge on any atom is 0.200 e. The number of ether oxygens (including phenoxy) is 2. The number of benzene rings is 2. The summed E-state index contributed by atoms with van der Waals surface area (Å²) in [5.41, 5.74) is 0.982. The molecule has 0 N–H and O–H groups in total. The quantitative estimate of drug-likeness (QED) is 0.319. The third-order valence-electron chi connectivity index (χ3n) is 5.79. The number of rotatable bonds is 9. The minimum absolute atomic E-state index is 0.0463. The molecule has 0 bridgehead atoms. The number of halogens is 3. The molecule has 0 atom stereocenters. The van der Waals surface area contributed by atoms with Crippen LogP contribution in [0.25, 0.3) is 0 Å². The molecule has 3 rings (SSSR count). The van der Waals surface area contributed by atoms with Crippen molar-refractivity contribution in [3.8, 4) is 11.5 Å². The van der Waals surface area contributed by atoms with Gasteiger partial charge >= 0.3 is 0 Å². The van der Waals surface area contributed by atoms with Gasteiger partial charge < -0.3 is 9.47 Å². The van der Waals surface area contributed by atoms with Crippen LogP contribution in [0.3, 0.4) is 0 Å². The van der Waals surface area contributed by atoms with Crippen molar-refractivity contribution < 1.29 is 22.6 Å². The van der Waals surface area contributed by atoms with Crippen molar-refractivity contribution in [3.05, 3.63) is 71.6 Å². The van der Waals surface area contributed by atoms with Gasteiger partial charge in [0.2, 0.25) is 5.82 Å². The standard InChI is InChI=1S/C25H29F3O2/c1-3-4-5-14-29-20-11-12-21(22(26)15-20)19-9-7-18(8-10-19)16-30-23-13-6-17(2)24(27)25(23)28/h3,6,11-13,15,18-19H,1,4-5,7-10,14,16H2,2H3. The first-order valence-electron chi connectivity index (χ1n) is 10.6. The second-order valence-corrected chi connectivity index (χ2v) is 8.00. The average Bonchev–Trinajstić information content (AvgIpc) is 2.75. The fourth-order valence-electron chi connectivity index (χ4n) is 3.93. The number of allylic oxidation sites excluding steroid dienone is 1. The summed E-state index contributed by atoms with van der Waals surface area (Å²) in [6.07, 6.45) is 6.98. The summed E-state index contributed by atoms with van der Waals surface area (Å²) in [4.78, 5) is 0. The Bertz CT molecular complexity index is 858. The maximum absolute atomic E-state index is 14.6. The molecule has 0 amide bonds. The summed E-state index contributed by atoms with van der Waals surface area (Å²) in [7, 11) is 0. The van der Waals surface area contributed by atoms with E-state index >= 15 is 0 Å². The second kappa shape index (κ2) is 10.6. The molecule has 30 heavy (non-hydrogen) atoms. The fraction of sp³-hybridized carbons (Fsp3) is 0.440. The minimum Gasteiger partial charge on any atom is -0.493 e. The average molecular weight is 418 g/mol. The first-order valence-corrected chi connectivity index (χ1v) is 10.6. The van der Waals surface area contributed by atoms with E-state index in [4.69, 9.17) is 9.47 Å². The van der Waals surface area contributed by atoms with E-state index in [1.807, 2.05) is 18.2 Å². The summed E-state index contributed by atoms with van der Waals surface area (Å²) in [6.45, 7) is 6.07. The van der Waals surface area contributed by atoms with Crippen molar-refractivity contribution in [3.63, 3.8) is 0 Å². The molecule has 0 unspecified atom stereocenters. The molecule has 0 spiro atoms. The largest absolute Gasteiger partial charge is 0.493 e. The minimum atomic E-state index is -0.933. The number of hydrogen-bond donors (Lipinski definition) is 0. The van der Waals surface area contributed by atoms with Crippen molar-refractivity contribution in [2.45, 2.75) is 51.4 Å². The van der Waals surface area contributed by atoms with Gasteiger partial charge in [-0.25, -0.2) is 8.78 Å². The summed E-state index contributed by atoms with van der Waals surface area (Å²) < 4.78 is 53.3. The van der Waals surface area contributed by atoms with Crippen LogP contribution in [0.15, 0.2) is 43.0 Å². The van der Waals surface area contributed by atoms with Crippen molar-refractivity contribution in [1.29, 1.82) is 0 Å². The van der Waals surface area contributed by atoms with E-state index in [1.54, 1.807) is 0 Å².